The van der Waals surface area contributed by atoms with Crippen molar-refractivity contribution in [3.63, 3.8) is 0 Å². The van der Waals surface area contributed by atoms with E-state index in [1.165, 1.54) is 18.4 Å². The topological polar surface area (TPSA) is 40.7 Å². The Bertz CT molecular complexity index is 553. The first-order valence-corrected chi connectivity index (χ1v) is 7.56. The number of piperidine rings is 1. The molecule has 0 amide bonds. The second kappa shape index (κ2) is 5.47. The van der Waals surface area contributed by atoms with E-state index in [-0.39, 0.29) is 0 Å². The van der Waals surface area contributed by atoms with Crippen LogP contribution in [0.5, 0.6) is 0 Å². The molecule has 1 atom stereocenters. The highest BCUT2D eigenvalue weighted by Gasteiger charge is 2.19. The molecule has 2 N–H and O–H groups in total. The first-order valence-electron chi connectivity index (χ1n) is 6.77. The number of halogens is 1. The van der Waals surface area contributed by atoms with E-state index < -0.39 is 0 Å². The first-order chi connectivity index (χ1) is 9.24. The van der Waals surface area contributed by atoms with Crippen LogP contribution >= 0.6 is 15.9 Å². The Balaban J connectivity index is 1.90. The molecule has 1 aromatic heterocycles. The van der Waals surface area contributed by atoms with Gasteiger partial charge in [-0.3, -0.25) is 0 Å². The SMILES string of the molecule is Cc1[nH]c(C2CCCNC2)nc1-c1ccc(Br)cc1. The number of aryl methyl sites for hydroxylation is 1. The molecule has 1 unspecified atom stereocenters. The van der Waals surface area contributed by atoms with Crippen molar-refractivity contribution < 1.29 is 0 Å². The van der Waals surface area contributed by atoms with Crippen LogP contribution in [0.25, 0.3) is 11.3 Å². The molecule has 19 heavy (non-hydrogen) atoms. The monoisotopic (exact) mass is 319 g/mol. The van der Waals surface area contributed by atoms with Gasteiger partial charge in [-0.1, -0.05) is 28.1 Å². The number of nitrogens with zero attached hydrogens (tertiary/aromatic N) is 1. The zero-order valence-electron chi connectivity index (χ0n) is 11.0. The molecule has 4 heteroatoms. The van der Waals surface area contributed by atoms with E-state index in [4.69, 9.17) is 4.98 Å². The summed E-state index contributed by atoms with van der Waals surface area (Å²) in [6.07, 6.45) is 2.46. The molecule has 3 nitrogen and oxygen atoms in total. The Kier molecular flexibility index (Phi) is 3.71. The zero-order valence-corrected chi connectivity index (χ0v) is 12.6. The largest absolute Gasteiger partial charge is 0.345 e. The van der Waals surface area contributed by atoms with Crippen LogP contribution in [0.2, 0.25) is 0 Å². The van der Waals surface area contributed by atoms with Gasteiger partial charge in [0, 0.05) is 28.2 Å². The lowest BCUT2D eigenvalue weighted by Gasteiger charge is -2.20. The molecular weight excluding hydrogens is 302 g/mol. The molecule has 0 radical (unpaired) electrons. The summed E-state index contributed by atoms with van der Waals surface area (Å²) in [5.41, 5.74) is 3.41. The Morgan fingerprint density at radius 2 is 2.05 bits per heavy atom. The third-order valence-electron chi connectivity index (χ3n) is 3.70. The van der Waals surface area contributed by atoms with Gasteiger partial charge in [-0.15, -0.1) is 0 Å². The van der Waals surface area contributed by atoms with Crippen LogP contribution in [0.4, 0.5) is 0 Å². The number of aromatic amines is 1. The van der Waals surface area contributed by atoms with Gasteiger partial charge in [0.05, 0.1) is 5.69 Å². The third kappa shape index (κ3) is 2.74. The number of hydrogen-bond donors (Lipinski definition) is 2. The molecule has 100 valence electrons. The minimum absolute atomic E-state index is 0.525. The van der Waals surface area contributed by atoms with E-state index >= 15 is 0 Å². The van der Waals surface area contributed by atoms with Gasteiger partial charge in [0.2, 0.25) is 0 Å². The average Bonchev–Trinajstić information content (AvgIpc) is 2.83. The molecule has 1 aromatic carbocycles. The first kappa shape index (κ1) is 12.9. The van der Waals surface area contributed by atoms with Gasteiger partial charge in [-0.05, 0) is 38.4 Å². The standard InChI is InChI=1S/C15H18BrN3/c1-10-14(11-4-6-13(16)7-5-11)19-15(18-10)12-3-2-8-17-9-12/h4-7,12,17H,2-3,8-9H2,1H3,(H,18,19). The molecule has 0 saturated carbocycles. The zero-order chi connectivity index (χ0) is 13.2. The van der Waals surface area contributed by atoms with Gasteiger partial charge in [0.15, 0.2) is 0 Å². The van der Waals surface area contributed by atoms with Gasteiger partial charge in [0.25, 0.3) is 0 Å². The van der Waals surface area contributed by atoms with Crippen molar-refractivity contribution in [2.24, 2.45) is 0 Å². The highest BCUT2D eigenvalue weighted by atomic mass is 79.9. The van der Waals surface area contributed by atoms with E-state index in [1.54, 1.807) is 0 Å². The van der Waals surface area contributed by atoms with Crippen LogP contribution in [0.1, 0.15) is 30.3 Å². The number of benzene rings is 1. The van der Waals surface area contributed by atoms with E-state index in [0.29, 0.717) is 5.92 Å². The maximum Gasteiger partial charge on any atom is 0.111 e. The molecular formula is C15H18BrN3. The maximum absolute atomic E-state index is 4.82. The number of aromatic nitrogens is 2. The summed E-state index contributed by atoms with van der Waals surface area (Å²) in [6.45, 7) is 4.27. The number of rotatable bonds is 2. The van der Waals surface area contributed by atoms with Crippen LogP contribution < -0.4 is 5.32 Å². The lowest BCUT2D eigenvalue weighted by Crippen LogP contribution is -2.28. The highest BCUT2D eigenvalue weighted by Crippen LogP contribution is 2.27. The summed E-state index contributed by atoms with van der Waals surface area (Å²) in [5, 5.41) is 3.44. The second-order valence-electron chi connectivity index (χ2n) is 5.15. The van der Waals surface area contributed by atoms with Gasteiger partial charge in [0.1, 0.15) is 5.82 Å². The van der Waals surface area contributed by atoms with E-state index in [2.05, 4.69) is 57.4 Å². The molecule has 2 aromatic rings. The fraction of sp³-hybridized carbons (Fsp3) is 0.400. The Morgan fingerprint density at radius 3 is 2.74 bits per heavy atom. The van der Waals surface area contributed by atoms with E-state index in [0.717, 1.165) is 34.8 Å². The predicted molar refractivity (Wildman–Crippen MR) is 81.3 cm³/mol. The van der Waals surface area contributed by atoms with Crippen LogP contribution in [0.15, 0.2) is 28.7 Å². The quantitative estimate of drug-likeness (QED) is 0.887. The molecule has 3 rings (SSSR count). The molecule has 2 heterocycles. The Hall–Kier alpha value is -1.13. The molecule has 1 saturated heterocycles. The Labute approximate surface area is 122 Å². The number of H-pyrrole nitrogens is 1. The molecule has 1 aliphatic heterocycles. The van der Waals surface area contributed by atoms with Gasteiger partial charge >= 0.3 is 0 Å². The molecule has 0 bridgehead atoms. The van der Waals surface area contributed by atoms with Crippen LogP contribution in [0, 0.1) is 6.92 Å². The maximum atomic E-state index is 4.82. The summed E-state index contributed by atoms with van der Waals surface area (Å²) in [7, 11) is 0. The number of imidazole rings is 1. The lowest BCUT2D eigenvalue weighted by molar-refractivity contribution is 0.448. The Morgan fingerprint density at radius 1 is 1.26 bits per heavy atom. The fourth-order valence-corrected chi connectivity index (χ4v) is 2.92. The molecule has 0 spiro atoms. The number of hydrogen-bond acceptors (Lipinski definition) is 2. The lowest BCUT2D eigenvalue weighted by atomic mass is 9.99. The van der Waals surface area contributed by atoms with Crippen molar-refractivity contribution in [2.45, 2.75) is 25.7 Å². The minimum atomic E-state index is 0.525. The minimum Gasteiger partial charge on any atom is -0.345 e. The van der Waals surface area contributed by atoms with Gasteiger partial charge in [-0.25, -0.2) is 4.98 Å². The smallest absolute Gasteiger partial charge is 0.111 e. The summed E-state index contributed by atoms with van der Waals surface area (Å²) >= 11 is 3.47. The summed E-state index contributed by atoms with van der Waals surface area (Å²) in [6, 6.07) is 8.34. The van der Waals surface area contributed by atoms with E-state index in [9.17, 15) is 0 Å². The van der Waals surface area contributed by atoms with Gasteiger partial charge < -0.3 is 10.3 Å². The van der Waals surface area contributed by atoms with Gasteiger partial charge in [-0.2, -0.15) is 0 Å². The van der Waals surface area contributed by atoms with Crippen molar-refractivity contribution >= 4 is 15.9 Å². The summed E-state index contributed by atoms with van der Waals surface area (Å²) in [4.78, 5) is 8.29. The third-order valence-corrected chi connectivity index (χ3v) is 4.23. The van der Waals surface area contributed by atoms with Crippen LogP contribution in [-0.4, -0.2) is 23.1 Å². The summed E-state index contributed by atoms with van der Waals surface area (Å²) in [5.74, 6) is 1.65. The van der Waals surface area contributed by atoms with Crippen LogP contribution in [0.3, 0.4) is 0 Å². The van der Waals surface area contributed by atoms with Crippen LogP contribution in [-0.2, 0) is 0 Å². The van der Waals surface area contributed by atoms with Crippen molar-refractivity contribution in [2.75, 3.05) is 13.1 Å². The normalized spacial score (nSPS) is 19.6. The second-order valence-corrected chi connectivity index (χ2v) is 6.06. The fourth-order valence-electron chi connectivity index (χ4n) is 2.65. The van der Waals surface area contributed by atoms with Crippen molar-refractivity contribution in [3.05, 3.63) is 40.3 Å². The van der Waals surface area contributed by atoms with Crippen molar-refractivity contribution in [3.8, 4) is 11.3 Å². The highest BCUT2D eigenvalue weighted by molar-refractivity contribution is 9.10. The molecule has 1 aliphatic rings. The molecule has 0 aliphatic carbocycles. The number of nitrogens with one attached hydrogen (secondary N) is 2. The van der Waals surface area contributed by atoms with Crippen molar-refractivity contribution in [1.82, 2.24) is 15.3 Å². The van der Waals surface area contributed by atoms with Crippen molar-refractivity contribution in [1.29, 1.82) is 0 Å². The predicted octanol–water partition coefficient (Wildman–Crippen LogP) is 3.61. The average molecular weight is 320 g/mol. The molecule has 1 fully saturated rings. The summed E-state index contributed by atoms with van der Waals surface area (Å²) < 4.78 is 1.10. The van der Waals surface area contributed by atoms with E-state index in [1.807, 2.05) is 0 Å².